The van der Waals surface area contributed by atoms with E-state index in [1.165, 1.54) is 0 Å². The molecule has 2 heterocycles. The topological polar surface area (TPSA) is 51.4 Å². The zero-order valence-corrected chi connectivity index (χ0v) is 10.6. The van der Waals surface area contributed by atoms with Crippen LogP contribution in [0.15, 0.2) is 0 Å². The van der Waals surface area contributed by atoms with Gasteiger partial charge in [-0.1, -0.05) is 0 Å². The Morgan fingerprint density at radius 2 is 2.28 bits per heavy atom. The van der Waals surface area contributed by atoms with Gasteiger partial charge in [-0.05, 0) is 7.05 Å². The summed E-state index contributed by atoms with van der Waals surface area (Å²) in [6.45, 7) is 1.67. The van der Waals surface area contributed by atoms with Crippen molar-refractivity contribution in [3.8, 4) is 0 Å². The first-order valence-electron chi connectivity index (χ1n) is 5.49. The maximum absolute atomic E-state index is 12.7. The van der Waals surface area contributed by atoms with E-state index >= 15 is 0 Å². The molecule has 1 atom stereocenters. The molecule has 2 N–H and O–H groups in total. The van der Waals surface area contributed by atoms with Crippen LogP contribution < -0.4 is 5.73 Å². The Kier molecular flexibility index (Phi) is 3.90. The van der Waals surface area contributed by atoms with Crippen molar-refractivity contribution in [3.05, 3.63) is 15.6 Å². The summed E-state index contributed by atoms with van der Waals surface area (Å²) in [4.78, 5) is 5.74. The number of halogens is 3. The molecule has 0 aliphatic carbocycles. The molecule has 0 aromatic carbocycles. The smallest absolute Gasteiger partial charge is 0.368 e. The Labute approximate surface area is 107 Å². The van der Waals surface area contributed by atoms with Gasteiger partial charge in [-0.15, -0.1) is 11.3 Å². The van der Waals surface area contributed by atoms with E-state index in [2.05, 4.69) is 4.98 Å². The van der Waals surface area contributed by atoms with Crippen molar-refractivity contribution in [1.82, 2.24) is 9.88 Å². The van der Waals surface area contributed by atoms with Crippen LogP contribution in [0.5, 0.6) is 0 Å². The normalized spacial score (nSPS) is 22.4. The Morgan fingerprint density at radius 1 is 1.56 bits per heavy atom. The van der Waals surface area contributed by atoms with Crippen LogP contribution in [-0.2, 0) is 17.5 Å². The highest BCUT2D eigenvalue weighted by Crippen LogP contribution is 2.37. The largest absolute Gasteiger partial charge is 0.434 e. The minimum absolute atomic E-state index is 0.0642. The number of likely N-dealkylation sites (N-methyl/N-ethyl adjacent to an activating group) is 1. The molecule has 0 saturated carbocycles. The summed E-state index contributed by atoms with van der Waals surface area (Å²) < 4.78 is 43.6. The third-order valence-electron chi connectivity index (χ3n) is 2.71. The second-order valence-corrected chi connectivity index (χ2v) is 5.26. The summed E-state index contributed by atoms with van der Waals surface area (Å²) >= 11 is 0.987. The standard InChI is InChI=1S/C10H14F3N3OS/c1-16-2-3-17-6(5-16)9-15-8(10(11,12)13)7(4-14)18-9/h6H,2-5,14H2,1H3. The van der Waals surface area contributed by atoms with Crippen LogP contribution >= 0.6 is 11.3 Å². The van der Waals surface area contributed by atoms with Crippen molar-refractivity contribution in [2.45, 2.75) is 18.8 Å². The number of nitrogens with two attached hydrogens (primary N) is 1. The van der Waals surface area contributed by atoms with Gasteiger partial charge < -0.3 is 15.4 Å². The van der Waals surface area contributed by atoms with Gasteiger partial charge in [-0.2, -0.15) is 13.2 Å². The van der Waals surface area contributed by atoms with E-state index in [1.54, 1.807) is 0 Å². The molecule has 2 rings (SSSR count). The first kappa shape index (κ1) is 13.7. The lowest BCUT2D eigenvalue weighted by atomic mass is 10.3. The number of hydrogen-bond acceptors (Lipinski definition) is 5. The van der Waals surface area contributed by atoms with E-state index in [0.29, 0.717) is 18.2 Å². The highest BCUT2D eigenvalue weighted by atomic mass is 32.1. The highest BCUT2D eigenvalue weighted by molar-refractivity contribution is 7.11. The molecule has 1 fully saturated rings. The molecule has 0 bridgehead atoms. The maximum atomic E-state index is 12.7. The Morgan fingerprint density at radius 3 is 2.78 bits per heavy atom. The lowest BCUT2D eigenvalue weighted by Crippen LogP contribution is -2.35. The van der Waals surface area contributed by atoms with Crippen LogP contribution in [0.4, 0.5) is 13.2 Å². The van der Waals surface area contributed by atoms with Crippen molar-refractivity contribution in [1.29, 1.82) is 0 Å². The fraction of sp³-hybridized carbons (Fsp3) is 0.700. The average Bonchev–Trinajstić information content (AvgIpc) is 2.72. The number of morpholine rings is 1. The molecule has 1 saturated heterocycles. The predicted octanol–water partition coefficient (Wildman–Crippen LogP) is 1.62. The van der Waals surface area contributed by atoms with Crippen molar-refractivity contribution < 1.29 is 17.9 Å². The monoisotopic (exact) mass is 281 g/mol. The molecule has 18 heavy (non-hydrogen) atoms. The van der Waals surface area contributed by atoms with E-state index < -0.39 is 18.0 Å². The minimum atomic E-state index is -4.45. The number of ether oxygens (including phenoxy) is 1. The van der Waals surface area contributed by atoms with Gasteiger partial charge in [-0.25, -0.2) is 4.98 Å². The van der Waals surface area contributed by atoms with Crippen molar-refractivity contribution in [2.24, 2.45) is 5.73 Å². The van der Waals surface area contributed by atoms with Crippen LogP contribution in [0.3, 0.4) is 0 Å². The molecular weight excluding hydrogens is 267 g/mol. The number of hydrogen-bond donors (Lipinski definition) is 1. The zero-order chi connectivity index (χ0) is 13.3. The van der Waals surface area contributed by atoms with Gasteiger partial charge in [0.1, 0.15) is 11.1 Å². The molecule has 1 unspecified atom stereocenters. The molecule has 1 aromatic heterocycles. The molecule has 1 aliphatic rings. The number of rotatable bonds is 2. The van der Waals surface area contributed by atoms with Crippen LogP contribution in [0, 0.1) is 0 Å². The minimum Gasteiger partial charge on any atom is -0.368 e. The summed E-state index contributed by atoms with van der Waals surface area (Å²) in [7, 11) is 1.90. The summed E-state index contributed by atoms with van der Waals surface area (Å²) in [5.41, 5.74) is 4.46. The third-order valence-corrected chi connectivity index (χ3v) is 3.88. The molecule has 4 nitrogen and oxygen atoms in total. The molecule has 0 amide bonds. The molecule has 102 valence electrons. The second-order valence-electron chi connectivity index (χ2n) is 4.15. The zero-order valence-electron chi connectivity index (χ0n) is 9.83. The summed E-state index contributed by atoms with van der Waals surface area (Å²) in [5.74, 6) is 0. The lowest BCUT2D eigenvalue weighted by Gasteiger charge is -2.28. The SMILES string of the molecule is CN1CCOC(c2nc(C(F)(F)F)c(CN)s2)C1. The van der Waals surface area contributed by atoms with E-state index in [1.807, 2.05) is 11.9 Å². The first-order valence-corrected chi connectivity index (χ1v) is 6.30. The number of nitrogens with zero attached hydrogens (tertiary/aromatic N) is 2. The second kappa shape index (κ2) is 5.12. The Hall–Kier alpha value is -0.700. The van der Waals surface area contributed by atoms with Gasteiger partial charge >= 0.3 is 6.18 Å². The first-order chi connectivity index (χ1) is 8.41. The lowest BCUT2D eigenvalue weighted by molar-refractivity contribution is -0.141. The van der Waals surface area contributed by atoms with E-state index in [9.17, 15) is 13.2 Å². The maximum Gasteiger partial charge on any atom is 0.434 e. The van der Waals surface area contributed by atoms with Gasteiger partial charge in [0, 0.05) is 19.6 Å². The van der Waals surface area contributed by atoms with E-state index in [4.69, 9.17) is 10.5 Å². The van der Waals surface area contributed by atoms with Crippen LogP contribution in [-0.4, -0.2) is 36.6 Å². The van der Waals surface area contributed by atoms with Gasteiger partial charge in [-0.3, -0.25) is 0 Å². The number of aromatic nitrogens is 1. The van der Waals surface area contributed by atoms with E-state index in [-0.39, 0.29) is 11.4 Å². The van der Waals surface area contributed by atoms with Crippen molar-refractivity contribution >= 4 is 11.3 Å². The van der Waals surface area contributed by atoms with Gasteiger partial charge in [0.05, 0.1) is 11.5 Å². The van der Waals surface area contributed by atoms with Gasteiger partial charge in [0.2, 0.25) is 0 Å². The molecule has 1 aromatic rings. The van der Waals surface area contributed by atoms with Crippen molar-refractivity contribution in [3.63, 3.8) is 0 Å². The fourth-order valence-corrected chi connectivity index (χ4v) is 2.80. The number of thiazole rings is 1. The summed E-state index contributed by atoms with van der Waals surface area (Å²) in [6, 6.07) is 0. The molecule has 0 radical (unpaired) electrons. The molecule has 8 heteroatoms. The predicted molar refractivity (Wildman–Crippen MR) is 61.2 cm³/mol. The molecule has 1 aliphatic heterocycles. The Bertz CT molecular complexity index is 421. The van der Waals surface area contributed by atoms with Crippen LogP contribution in [0.2, 0.25) is 0 Å². The third kappa shape index (κ3) is 2.82. The summed E-state index contributed by atoms with van der Waals surface area (Å²) in [6.07, 6.45) is -4.85. The molecule has 0 spiro atoms. The van der Waals surface area contributed by atoms with Gasteiger partial charge in [0.15, 0.2) is 5.69 Å². The average molecular weight is 281 g/mol. The van der Waals surface area contributed by atoms with E-state index in [0.717, 1.165) is 17.9 Å². The Balaban J connectivity index is 2.26. The van der Waals surface area contributed by atoms with Crippen molar-refractivity contribution in [2.75, 3.05) is 26.7 Å². The van der Waals surface area contributed by atoms with Crippen LogP contribution in [0.1, 0.15) is 21.7 Å². The quantitative estimate of drug-likeness (QED) is 0.895. The fourth-order valence-electron chi connectivity index (χ4n) is 1.79. The highest BCUT2D eigenvalue weighted by Gasteiger charge is 2.38. The van der Waals surface area contributed by atoms with Gasteiger partial charge in [0.25, 0.3) is 0 Å². The van der Waals surface area contributed by atoms with Crippen LogP contribution in [0.25, 0.3) is 0 Å². The molecular formula is C10H14F3N3OS. The number of alkyl halides is 3. The summed E-state index contributed by atoms with van der Waals surface area (Å²) in [5, 5.41) is 0.356.